The quantitative estimate of drug-likeness (QED) is 0.461. The number of hydrogen-bond acceptors (Lipinski definition) is 4. The highest BCUT2D eigenvalue weighted by Crippen LogP contribution is 2.23. The number of carbonyl (C=O) groups is 2. The second-order valence-electron chi connectivity index (χ2n) is 8.81. The highest BCUT2D eigenvalue weighted by atomic mass is 35.5. The molecule has 1 atom stereocenters. The van der Waals surface area contributed by atoms with E-state index < -0.39 is 28.7 Å². The molecule has 0 saturated heterocycles. The number of hydrogen-bond donors (Lipinski definition) is 1. The zero-order chi connectivity index (χ0) is 26.2. The lowest BCUT2D eigenvalue weighted by molar-refractivity contribution is -0.140. The molecule has 2 amide bonds. The van der Waals surface area contributed by atoms with Crippen molar-refractivity contribution in [3.8, 4) is 0 Å². The number of rotatable bonds is 12. The molecular weight excluding hydrogens is 488 g/mol. The summed E-state index contributed by atoms with van der Waals surface area (Å²) in [6.45, 7) is 5.85. The van der Waals surface area contributed by atoms with Crippen molar-refractivity contribution in [1.29, 1.82) is 0 Å². The maximum Gasteiger partial charge on any atom is 0.304 e. The van der Waals surface area contributed by atoms with Gasteiger partial charge in [0, 0.05) is 32.2 Å². The Morgan fingerprint density at radius 1 is 1.00 bits per heavy atom. The summed E-state index contributed by atoms with van der Waals surface area (Å²) in [5, 5.41) is 3.36. The zero-order valence-electron chi connectivity index (χ0n) is 20.9. The van der Waals surface area contributed by atoms with Gasteiger partial charge in [0.25, 0.3) is 0 Å². The zero-order valence-corrected chi connectivity index (χ0v) is 22.5. The molecule has 10 heteroatoms. The number of carbonyl (C=O) groups excluding carboxylic acids is 2. The van der Waals surface area contributed by atoms with Crippen LogP contribution in [0.4, 0.5) is 5.69 Å². The molecule has 0 bridgehead atoms. The molecule has 1 unspecified atom stereocenters. The minimum Gasteiger partial charge on any atom is -0.354 e. The van der Waals surface area contributed by atoms with E-state index >= 15 is 0 Å². The van der Waals surface area contributed by atoms with Crippen molar-refractivity contribution in [1.82, 2.24) is 14.5 Å². The normalized spacial score (nSPS) is 12.5. The average Bonchev–Trinajstić information content (AvgIpc) is 2.82. The summed E-state index contributed by atoms with van der Waals surface area (Å²) in [6, 6.07) is 14.7. The number of para-hydroxylation sites is 1. The van der Waals surface area contributed by atoms with Crippen molar-refractivity contribution < 1.29 is 18.0 Å². The SMILES string of the molecule is CCC(C(=O)NCC(C)C)N(Cc1ccccc1Cl)C(=O)CN(c1ccccc1)S(=O)(=O)N(C)C. The predicted octanol–water partition coefficient (Wildman–Crippen LogP) is 3.53. The Kier molecular flexibility index (Phi) is 10.5. The van der Waals surface area contributed by atoms with Gasteiger partial charge in [-0.25, -0.2) is 4.31 Å². The van der Waals surface area contributed by atoms with Crippen LogP contribution in [0, 0.1) is 5.92 Å². The van der Waals surface area contributed by atoms with E-state index in [1.807, 2.05) is 20.8 Å². The van der Waals surface area contributed by atoms with E-state index in [0.717, 1.165) is 8.61 Å². The maximum atomic E-state index is 13.7. The van der Waals surface area contributed by atoms with Crippen LogP contribution in [0.3, 0.4) is 0 Å². The molecule has 8 nitrogen and oxygen atoms in total. The minimum absolute atomic E-state index is 0.0662. The van der Waals surface area contributed by atoms with E-state index in [-0.39, 0.29) is 18.4 Å². The lowest BCUT2D eigenvalue weighted by atomic mass is 10.1. The van der Waals surface area contributed by atoms with Gasteiger partial charge >= 0.3 is 10.2 Å². The van der Waals surface area contributed by atoms with Gasteiger partial charge in [-0.05, 0) is 36.1 Å². The lowest BCUT2D eigenvalue weighted by Gasteiger charge is -2.34. The molecule has 0 fully saturated rings. The Balaban J connectivity index is 2.47. The van der Waals surface area contributed by atoms with Crippen LogP contribution in [-0.2, 0) is 26.3 Å². The second kappa shape index (κ2) is 12.9. The van der Waals surface area contributed by atoms with Crippen molar-refractivity contribution in [2.24, 2.45) is 5.92 Å². The maximum absolute atomic E-state index is 13.7. The summed E-state index contributed by atoms with van der Waals surface area (Å²) < 4.78 is 28.4. The van der Waals surface area contributed by atoms with Crippen molar-refractivity contribution in [2.75, 3.05) is 31.5 Å². The molecule has 0 radical (unpaired) electrons. The minimum atomic E-state index is -3.98. The molecule has 35 heavy (non-hydrogen) atoms. The highest BCUT2D eigenvalue weighted by molar-refractivity contribution is 7.90. The van der Waals surface area contributed by atoms with Crippen LogP contribution < -0.4 is 9.62 Å². The monoisotopic (exact) mass is 522 g/mol. The molecule has 2 aromatic rings. The van der Waals surface area contributed by atoms with Gasteiger partial charge in [0.1, 0.15) is 12.6 Å². The van der Waals surface area contributed by atoms with Gasteiger partial charge in [-0.15, -0.1) is 0 Å². The number of anilines is 1. The smallest absolute Gasteiger partial charge is 0.304 e. The largest absolute Gasteiger partial charge is 0.354 e. The fraction of sp³-hybridized carbons (Fsp3) is 0.440. The van der Waals surface area contributed by atoms with Crippen molar-refractivity contribution in [3.63, 3.8) is 0 Å². The molecule has 0 aliphatic rings. The third-order valence-corrected chi connectivity index (χ3v) is 7.62. The van der Waals surface area contributed by atoms with Crippen LogP contribution >= 0.6 is 11.6 Å². The summed E-state index contributed by atoms with van der Waals surface area (Å²) in [4.78, 5) is 28.2. The van der Waals surface area contributed by atoms with E-state index in [1.165, 1.54) is 19.0 Å². The molecule has 2 rings (SSSR count). The average molecular weight is 523 g/mol. The molecule has 0 aromatic heterocycles. The van der Waals surface area contributed by atoms with E-state index in [4.69, 9.17) is 11.6 Å². The molecule has 0 aliphatic carbocycles. The predicted molar refractivity (Wildman–Crippen MR) is 140 cm³/mol. The number of nitrogens with zero attached hydrogens (tertiary/aromatic N) is 3. The van der Waals surface area contributed by atoms with Gasteiger partial charge in [-0.3, -0.25) is 9.59 Å². The van der Waals surface area contributed by atoms with Gasteiger partial charge in [0.2, 0.25) is 11.8 Å². The third kappa shape index (κ3) is 7.68. The number of halogens is 1. The number of benzene rings is 2. The Bertz CT molecular complexity index is 1090. The van der Waals surface area contributed by atoms with Crippen molar-refractivity contribution in [2.45, 2.75) is 39.8 Å². The van der Waals surface area contributed by atoms with Crippen molar-refractivity contribution in [3.05, 3.63) is 65.2 Å². The van der Waals surface area contributed by atoms with Crippen LogP contribution in [0.1, 0.15) is 32.8 Å². The van der Waals surface area contributed by atoms with Crippen LogP contribution in [0.2, 0.25) is 5.02 Å². The topological polar surface area (TPSA) is 90.0 Å². The van der Waals surface area contributed by atoms with E-state index in [9.17, 15) is 18.0 Å². The first-order valence-electron chi connectivity index (χ1n) is 11.5. The van der Waals surface area contributed by atoms with Crippen LogP contribution in [-0.4, -0.2) is 62.7 Å². The first-order valence-corrected chi connectivity index (χ1v) is 13.3. The summed E-state index contributed by atoms with van der Waals surface area (Å²) in [6.07, 6.45) is 0.353. The van der Waals surface area contributed by atoms with E-state index in [1.54, 1.807) is 54.6 Å². The summed E-state index contributed by atoms with van der Waals surface area (Å²) >= 11 is 6.37. The Morgan fingerprint density at radius 2 is 1.60 bits per heavy atom. The molecule has 0 spiro atoms. The molecule has 1 N–H and O–H groups in total. The lowest BCUT2D eigenvalue weighted by Crippen LogP contribution is -2.53. The van der Waals surface area contributed by atoms with Crippen LogP contribution in [0.25, 0.3) is 0 Å². The second-order valence-corrected chi connectivity index (χ2v) is 11.3. The molecular formula is C25H35ClN4O4S. The van der Waals surface area contributed by atoms with Gasteiger partial charge in [-0.2, -0.15) is 12.7 Å². The van der Waals surface area contributed by atoms with E-state index in [0.29, 0.717) is 29.2 Å². The Morgan fingerprint density at radius 3 is 2.14 bits per heavy atom. The number of amides is 2. The highest BCUT2D eigenvalue weighted by Gasteiger charge is 2.33. The van der Waals surface area contributed by atoms with Crippen LogP contribution in [0.15, 0.2) is 54.6 Å². The summed E-state index contributed by atoms with van der Waals surface area (Å²) in [5.74, 6) is -0.558. The van der Waals surface area contributed by atoms with Gasteiger partial charge in [-0.1, -0.05) is 68.8 Å². The molecule has 0 aliphatic heterocycles. The fourth-order valence-electron chi connectivity index (χ4n) is 3.46. The van der Waals surface area contributed by atoms with Gasteiger partial charge in [0.05, 0.1) is 5.69 Å². The Labute approximate surface area is 214 Å². The molecule has 0 saturated carbocycles. The Hall–Kier alpha value is -2.62. The van der Waals surface area contributed by atoms with Crippen LogP contribution in [0.5, 0.6) is 0 Å². The molecule has 192 valence electrons. The third-order valence-electron chi connectivity index (χ3n) is 5.43. The first kappa shape index (κ1) is 28.6. The molecule has 0 heterocycles. The van der Waals surface area contributed by atoms with Gasteiger partial charge in [0.15, 0.2) is 0 Å². The number of nitrogens with one attached hydrogen (secondary N) is 1. The fourth-order valence-corrected chi connectivity index (χ4v) is 4.71. The van der Waals surface area contributed by atoms with Crippen molar-refractivity contribution >= 4 is 39.3 Å². The first-order chi connectivity index (χ1) is 16.5. The van der Waals surface area contributed by atoms with E-state index in [2.05, 4.69) is 5.32 Å². The summed E-state index contributed by atoms with van der Waals surface area (Å²) in [5.41, 5.74) is 1.02. The van der Waals surface area contributed by atoms with Gasteiger partial charge < -0.3 is 10.2 Å². The molecule has 2 aromatic carbocycles. The standard InChI is InChI=1S/C25H35ClN4O4S/c1-6-23(25(32)27-16-19(2)3)29(17-20-12-10-11-15-22(20)26)24(31)18-30(35(33,34)28(4)5)21-13-8-7-9-14-21/h7-15,19,23H,6,16-18H2,1-5H3,(H,27,32). The summed E-state index contributed by atoms with van der Waals surface area (Å²) in [7, 11) is -1.17.